The molecule has 1 aliphatic heterocycles. The van der Waals surface area contributed by atoms with Gasteiger partial charge in [-0.2, -0.15) is 0 Å². The maximum absolute atomic E-state index is 13.0. The first-order valence-corrected chi connectivity index (χ1v) is 14.6. The summed E-state index contributed by atoms with van der Waals surface area (Å²) < 4.78 is 36.7. The van der Waals surface area contributed by atoms with Crippen LogP contribution in [0.25, 0.3) is 11.1 Å². The van der Waals surface area contributed by atoms with Crippen LogP contribution in [0.2, 0.25) is 0 Å². The molecule has 3 aromatic carbocycles. The van der Waals surface area contributed by atoms with Crippen LogP contribution in [0.4, 0.5) is 9.59 Å². The van der Waals surface area contributed by atoms with E-state index in [-0.39, 0.29) is 41.8 Å². The molecule has 1 aliphatic carbocycles. The maximum Gasteiger partial charge on any atom is 0.417 e. The smallest absolute Gasteiger partial charge is 0.417 e. The summed E-state index contributed by atoms with van der Waals surface area (Å²) in [4.78, 5) is 38.4. The molecule has 0 spiro atoms. The van der Waals surface area contributed by atoms with E-state index in [4.69, 9.17) is 9.47 Å². The summed E-state index contributed by atoms with van der Waals surface area (Å²) in [6.45, 7) is 4.97. The number of carbonyl (C=O) groups excluding carboxylic acids is 3. The summed E-state index contributed by atoms with van der Waals surface area (Å²) in [6.07, 6.45) is -1.49. The SMILES string of the molecule is CC(C)(C)OC(=O)N1Cc2cc(S(=O)(=O)CCNC(=O)OCC3c4ccccc4-c4ccccc43)ccc2C1=O. The zero-order valence-corrected chi connectivity index (χ0v) is 23.3. The molecule has 5 rings (SSSR count). The van der Waals surface area contributed by atoms with Gasteiger partial charge in [0, 0.05) is 18.0 Å². The number of carbonyl (C=O) groups is 3. The van der Waals surface area contributed by atoms with E-state index < -0.39 is 33.5 Å². The average molecular weight is 563 g/mol. The van der Waals surface area contributed by atoms with Gasteiger partial charge >= 0.3 is 12.2 Å². The number of alkyl carbamates (subject to hydrolysis) is 1. The molecule has 0 radical (unpaired) electrons. The number of benzene rings is 3. The van der Waals surface area contributed by atoms with Gasteiger partial charge in [0.15, 0.2) is 9.84 Å². The van der Waals surface area contributed by atoms with E-state index in [1.807, 2.05) is 48.5 Å². The Hall–Kier alpha value is -4.18. The fourth-order valence-corrected chi connectivity index (χ4v) is 6.21. The standard InChI is InChI=1S/C30H30N2O7S/c1-30(2,3)39-29(35)32-17-19-16-20(12-13-21(19)27(32)33)40(36,37)15-14-31-28(34)38-18-26-24-10-6-4-8-22(24)23-9-5-7-11-25(23)26/h4-13,16,26H,14-15,17-18H2,1-3H3,(H,31,34). The lowest BCUT2D eigenvalue weighted by atomic mass is 9.98. The molecule has 3 amide bonds. The molecule has 2 aliphatic rings. The second-order valence-corrected chi connectivity index (χ2v) is 12.9. The van der Waals surface area contributed by atoms with Gasteiger partial charge in [-0.05, 0) is 66.8 Å². The van der Waals surface area contributed by atoms with Crippen molar-refractivity contribution in [1.82, 2.24) is 10.2 Å². The maximum atomic E-state index is 13.0. The topological polar surface area (TPSA) is 119 Å². The highest BCUT2D eigenvalue weighted by molar-refractivity contribution is 7.91. The van der Waals surface area contributed by atoms with E-state index in [0.29, 0.717) is 5.56 Å². The molecule has 0 fully saturated rings. The number of hydrogen-bond acceptors (Lipinski definition) is 7. The van der Waals surface area contributed by atoms with Crippen LogP contribution in [0.15, 0.2) is 71.6 Å². The fourth-order valence-electron chi connectivity index (χ4n) is 5.01. The van der Waals surface area contributed by atoms with Crippen molar-refractivity contribution in [2.45, 2.75) is 43.7 Å². The Kier molecular flexibility index (Phi) is 7.14. The first-order valence-electron chi connectivity index (χ1n) is 12.9. The van der Waals surface area contributed by atoms with Crippen molar-refractivity contribution in [2.75, 3.05) is 18.9 Å². The van der Waals surface area contributed by atoms with Crippen LogP contribution in [-0.4, -0.2) is 55.9 Å². The van der Waals surface area contributed by atoms with Gasteiger partial charge in [0.05, 0.1) is 17.2 Å². The van der Waals surface area contributed by atoms with Gasteiger partial charge < -0.3 is 14.8 Å². The minimum atomic E-state index is -3.79. The lowest BCUT2D eigenvalue weighted by Gasteiger charge is -2.23. The van der Waals surface area contributed by atoms with E-state index in [9.17, 15) is 22.8 Å². The molecule has 0 aromatic heterocycles. The third-order valence-corrected chi connectivity index (χ3v) is 8.55. The van der Waals surface area contributed by atoms with E-state index >= 15 is 0 Å². The van der Waals surface area contributed by atoms with Gasteiger partial charge in [0.2, 0.25) is 0 Å². The van der Waals surface area contributed by atoms with Gasteiger partial charge in [-0.3, -0.25) is 4.79 Å². The Morgan fingerprint density at radius 3 is 2.20 bits per heavy atom. The molecule has 10 heteroatoms. The molecular weight excluding hydrogens is 532 g/mol. The summed E-state index contributed by atoms with van der Waals surface area (Å²) in [6, 6.07) is 20.1. The molecule has 1 N–H and O–H groups in total. The molecule has 208 valence electrons. The zero-order chi connectivity index (χ0) is 28.7. The molecule has 0 saturated carbocycles. The first-order chi connectivity index (χ1) is 18.9. The van der Waals surface area contributed by atoms with Gasteiger partial charge in [0.1, 0.15) is 12.2 Å². The van der Waals surface area contributed by atoms with Crippen LogP contribution in [-0.2, 0) is 25.9 Å². The third-order valence-electron chi connectivity index (χ3n) is 6.84. The third kappa shape index (κ3) is 5.44. The molecule has 3 aromatic rings. The summed E-state index contributed by atoms with van der Waals surface area (Å²) in [5.41, 5.74) is 4.29. The molecular formula is C30H30N2O7S. The number of nitrogens with zero attached hydrogens (tertiary/aromatic N) is 1. The number of amides is 3. The highest BCUT2D eigenvalue weighted by Crippen LogP contribution is 2.44. The van der Waals surface area contributed by atoms with Crippen molar-refractivity contribution < 1.29 is 32.3 Å². The molecule has 0 unspecified atom stereocenters. The van der Waals surface area contributed by atoms with Gasteiger partial charge in [-0.1, -0.05) is 48.5 Å². The highest BCUT2D eigenvalue weighted by Gasteiger charge is 2.36. The summed E-state index contributed by atoms with van der Waals surface area (Å²) in [7, 11) is -3.79. The number of fused-ring (bicyclic) bond motifs is 4. The van der Waals surface area contributed by atoms with Crippen LogP contribution in [0.3, 0.4) is 0 Å². The van der Waals surface area contributed by atoms with E-state index in [0.717, 1.165) is 27.2 Å². The largest absolute Gasteiger partial charge is 0.449 e. The molecule has 40 heavy (non-hydrogen) atoms. The van der Waals surface area contributed by atoms with Crippen LogP contribution in [0, 0.1) is 0 Å². The molecule has 1 heterocycles. The Balaban J connectivity index is 1.17. The molecule has 9 nitrogen and oxygen atoms in total. The highest BCUT2D eigenvalue weighted by atomic mass is 32.2. The number of nitrogens with one attached hydrogen (secondary N) is 1. The first kappa shape index (κ1) is 27.4. The fraction of sp³-hybridized carbons (Fsp3) is 0.300. The minimum Gasteiger partial charge on any atom is -0.449 e. The van der Waals surface area contributed by atoms with Gasteiger partial charge in [-0.15, -0.1) is 0 Å². The van der Waals surface area contributed by atoms with E-state index in [1.165, 1.54) is 18.2 Å². The normalized spacial score (nSPS) is 14.4. The van der Waals surface area contributed by atoms with E-state index in [2.05, 4.69) is 5.32 Å². The molecule has 0 atom stereocenters. The summed E-state index contributed by atoms with van der Waals surface area (Å²) in [5, 5.41) is 2.52. The predicted octanol–water partition coefficient (Wildman–Crippen LogP) is 4.89. The summed E-state index contributed by atoms with van der Waals surface area (Å²) in [5.74, 6) is -0.999. The van der Waals surface area contributed by atoms with Crippen LogP contribution in [0.5, 0.6) is 0 Å². The second kappa shape index (κ2) is 10.4. The molecule has 0 saturated heterocycles. The number of ether oxygens (including phenoxy) is 2. The van der Waals surface area contributed by atoms with Crippen molar-refractivity contribution in [1.29, 1.82) is 0 Å². The number of rotatable bonds is 6. The second-order valence-electron chi connectivity index (χ2n) is 10.8. The average Bonchev–Trinajstić information content (AvgIpc) is 3.41. The Labute approximate surface area is 233 Å². The lowest BCUT2D eigenvalue weighted by Crippen LogP contribution is -2.36. The van der Waals surface area contributed by atoms with Crippen molar-refractivity contribution in [3.05, 3.63) is 89.0 Å². The van der Waals surface area contributed by atoms with Crippen molar-refractivity contribution >= 4 is 27.9 Å². The minimum absolute atomic E-state index is 0.000532. The quantitative estimate of drug-likeness (QED) is 0.454. The Morgan fingerprint density at radius 1 is 0.950 bits per heavy atom. The molecule has 0 bridgehead atoms. The van der Waals surface area contributed by atoms with E-state index in [1.54, 1.807) is 20.8 Å². The van der Waals surface area contributed by atoms with Crippen molar-refractivity contribution in [2.24, 2.45) is 0 Å². The van der Waals surface area contributed by atoms with Crippen LogP contribution >= 0.6 is 0 Å². The van der Waals surface area contributed by atoms with Crippen LogP contribution < -0.4 is 5.32 Å². The number of hydrogen-bond donors (Lipinski definition) is 1. The van der Waals surface area contributed by atoms with Crippen LogP contribution in [0.1, 0.15) is 53.7 Å². The predicted molar refractivity (Wildman–Crippen MR) is 148 cm³/mol. The monoisotopic (exact) mass is 562 g/mol. The van der Waals surface area contributed by atoms with Crippen molar-refractivity contribution in [3.8, 4) is 11.1 Å². The number of imide groups is 1. The summed E-state index contributed by atoms with van der Waals surface area (Å²) >= 11 is 0. The lowest BCUT2D eigenvalue weighted by molar-refractivity contribution is 0.0248. The Bertz CT molecular complexity index is 1560. The van der Waals surface area contributed by atoms with Gasteiger partial charge in [-0.25, -0.2) is 22.9 Å². The zero-order valence-electron chi connectivity index (χ0n) is 22.5. The van der Waals surface area contributed by atoms with Gasteiger partial charge in [0.25, 0.3) is 5.91 Å². The Morgan fingerprint density at radius 2 is 1.57 bits per heavy atom. The number of sulfone groups is 1. The van der Waals surface area contributed by atoms with Crippen molar-refractivity contribution in [3.63, 3.8) is 0 Å².